The first kappa shape index (κ1) is 51.3. The Bertz CT molecular complexity index is 2700. The van der Waals surface area contributed by atoms with Crippen molar-refractivity contribution in [2.24, 2.45) is 18.4 Å². The van der Waals surface area contributed by atoms with E-state index in [0.717, 1.165) is 119 Å². The number of nitrogens with one attached hydrogen (secondary N) is 1. The molecule has 72 heavy (non-hydrogen) atoms. The molecule has 7 aliphatic rings. The molecule has 18 nitrogen and oxygen atoms in total. The van der Waals surface area contributed by atoms with Gasteiger partial charge in [-0.3, -0.25) is 33.3 Å². The summed E-state index contributed by atoms with van der Waals surface area (Å²) >= 11 is 0. The van der Waals surface area contributed by atoms with Crippen LogP contribution < -0.4 is 20.6 Å². The van der Waals surface area contributed by atoms with E-state index >= 15 is 0 Å². The molecule has 2 aromatic heterocycles. The van der Waals surface area contributed by atoms with Crippen molar-refractivity contribution < 1.29 is 32.3 Å². The summed E-state index contributed by atoms with van der Waals surface area (Å²) in [6.45, 7) is 14.9. The number of para-hydroxylation sites is 1. The third-order valence-electron chi connectivity index (χ3n) is 17.4. The van der Waals surface area contributed by atoms with E-state index in [9.17, 15) is 27.6 Å². The molecule has 1 aromatic carbocycles. The minimum atomic E-state index is -3.57. The van der Waals surface area contributed by atoms with Crippen molar-refractivity contribution in [2.75, 3.05) is 76.0 Å². The highest BCUT2D eigenvalue weighted by molar-refractivity contribution is 7.86. The molecule has 3 aromatic rings. The summed E-state index contributed by atoms with van der Waals surface area (Å²) in [7, 11) is -3.21. The van der Waals surface area contributed by atoms with Crippen LogP contribution in [0.3, 0.4) is 0 Å². The number of hydrogen-bond donors (Lipinski definition) is 1. The fraction of sp³-hybridized carbons (Fsp3) is 0.731. The molecule has 0 bridgehead atoms. The van der Waals surface area contributed by atoms with E-state index < -0.39 is 35.6 Å². The number of piperidine rings is 2. The van der Waals surface area contributed by atoms with Crippen LogP contribution in [0.2, 0.25) is 25.7 Å². The van der Waals surface area contributed by atoms with Gasteiger partial charge in [0.15, 0.2) is 0 Å². The fourth-order valence-electron chi connectivity index (χ4n) is 12.8. The van der Waals surface area contributed by atoms with Gasteiger partial charge in [-0.25, -0.2) is 9.78 Å². The second-order valence-electron chi connectivity index (χ2n) is 23.6. The van der Waals surface area contributed by atoms with E-state index in [0.29, 0.717) is 80.9 Å². The standard InChI is InChI=1S/C52H78N10O8SSi/c1-37-13-11-14-40(37)62-46-39(52(21-22-52)48(62)65)33-53-49(55-46)54-38-19-26-58(27-20-38)71(67,68)59-29-24-51(35-59)23-28-57(34-51)25-9-7-6-8-10-30-70-43-16-12-15-41-45(43)56(2)50(66)61(41)42-17-18-44(63)60(47(42)64)36-69-31-32-72(3,4)5/h12,15-16,33,37-38,40,42H,6-11,13-14,17-32,34-36H2,1-5H3,(H,53,54,55). The number of aromatic nitrogens is 4. The number of fused-ring (bicyclic) bond motifs is 3. The number of likely N-dealkylation sites (tertiary alicyclic amines) is 2. The van der Waals surface area contributed by atoms with Gasteiger partial charge in [0.1, 0.15) is 29.9 Å². The molecule has 4 saturated heterocycles. The van der Waals surface area contributed by atoms with Gasteiger partial charge in [-0.2, -0.15) is 22.0 Å². The molecule has 394 valence electrons. The van der Waals surface area contributed by atoms with Gasteiger partial charge in [0, 0.05) is 84.7 Å². The maximum Gasteiger partial charge on any atom is 0.329 e. The Kier molecular flexibility index (Phi) is 14.6. The second kappa shape index (κ2) is 20.5. The number of rotatable bonds is 20. The minimum absolute atomic E-state index is 0.0141. The molecule has 4 atom stereocenters. The van der Waals surface area contributed by atoms with Crippen LogP contribution in [0.25, 0.3) is 11.0 Å². The van der Waals surface area contributed by atoms with Crippen molar-refractivity contribution in [1.29, 1.82) is 0 Å². The molecule has 1 N–H and O–H groups in total. The Morgan fingerprint density at radius 2 is 1.62 bits per heavy atom. The zero-order chi connectivity index (χ0) is 50.6. The molecule has 4 unspecified atom stereocenters. The lowest BCUT2D eigenvalue weighted by Crippen LogP contribution is -2.49. The van der Waals surface area contributed by atoms with E-state index in [1.54, 1.807) is 20.2 Å². The average molecular weight is 1030 g/mol. The van der Waals surface area contributed by atoms with E-state index in [1.165, 1.54) is 4.57 Å². The Labute approximate surface area is 426 Å². The van der Waals surface area contributed by atoms with Gasteiger partial charge in [-0.05, 0) is 113 Å². The van der Waals surface area contributed by atoms with Crippen molar-refractivity contribution in [1.82, 2.24) is 37.5 Å². The summed E-state index contributed by atoms with van der Waals surface area (Å²) in [5.41, 5.74) is 1.52. The molecule has 2 saturated carbocycles. The third kappa shape index (κ3) is 10.0. The lowest BCUT2D eigenvalue weighted by Gasteiger charge is -2.34. The monoisotopic (exact) mass is 1030 g/mol. The van der Waals surface area contributed by atoms with Gasteiger partial charge in [0.25, 0.3) is 16.1 Å². The number of unbranched alkanes of at least 4 members (excludes halogenated alkanes) is 4. The summed E-state index contributed by atoms with van der Waals surface area (Å²) in [4.78, 5) is 69.2. The summed E-state index contributed by atoms with van der Waals surface area (Å²) in [6.07, 6.45) is 15.8. The van der Waals surface area contributed by atoms with Crippen LogP contribution >= 0.6 is 0 Å². The molecular weight excluding hydrogens is 953 g/mol. The maximum atomic E-state index is 14.0. The first-order chi connectivity index (χ1) is 34.5. The topological polar surface area (TPSA) is 185 Å². The number of benzene rings is 1. The zero-order valence-corrected chi connectivity index (χ0v) is 45.2. The van der Waals surface area contributed by atoms with Crippen LogP contribution in [0.4, 0.5) is 11.8 Å². The van der Waals surface area contributed by atoms with Gasteiger partial charge >= 0.3 is 5.69 Å². The molecule has 2 aliphatic carbocycles. The molecule has 5 aliphatic heterocycles. The number of anilines is 2. The van der Waals surface area contributed by atoms with Crippen LogP contribution in [0.15, 0.2) is 29.2 Å². The number of aryl methyl sites for hydroxylation is 1. The number of hydrogen-bond acceptors (Lipinski definition) is 12. The van der Waals surface area contributed by atoms with E-state index in [-0.39, 0.29) is 54.6 Å². The van der Waals surface area contributed by atoms with Crippen LogP contribution in [0.1, 0.15) is 121 Å². The highest BCUT2D eigenvalue weighted by atomic mass is 32.2. The highest BCUT2D eigenvalue weighted by Gasteiger charge is 2.62. The summed E-state index contributed by atoms with van der Waals surface area (Å²) in [5, 5.41) is 3.51. The maximum absolute atomic E-state index is 14.0. The lowest BCUT2D eigenvalue weighted by atomic mass is 9.86. The van der Waals surface area contributed by atoms with E-state index in [4.69, 9.17) is 14.5 Å². The Balaban J connectivity index is 0.635. The Morgan fingerprint density at radius 3 is 2.38 bits per heavy atom. The predicted octanol–water partition coefficient (Wildman–Crippen LogP) is 6.25. The van der Waals surface area contributed by atoms with Gasteiger partial charge in [-0.15, -0.1) is 0 Å². The zero-order valence-electron chi connectivity index (χ0n) is 43.4. The lowest BCUT2D eigenvalue weighted by molar-refractivity contribution is -0.157. The molecule has 6 fully saturated rings. The first-order valence-corrected chi connectivity index (χ1v) is 32.3. The number of carbonyl (C=O) groups is 3. The molecule has 3 amide bonds. The number of nitrogens with zero attached hydrogens (tertiary/aromatic N) is 9. The van der Waals surface area contributed by atoms with E-state index in [1.807, 2.05) is 29.3 Å². The van der Waals surface area contributed by atoms with Gasteiger partial charge < -0.3 is 19.7 Å². The third-order valence-corrected chi connectivity index (χ3v) is 21.0. The SMILES string of the molecule is CC1CCCC1N1C(=O)C2(CC2)c2cnc(NC3CCN(S(=O)(=O)N4CCC5(CCN(CCCCCCCOc6cccc7c6n(C)c(=O)n7C6CCC(=O)N(COCC[Si](C)(C)C)C6=O)C5)C4)CC3)nc21. The number of carbonyl (C=O) groups excluding carboxylic acids is 3. The Hall–Kier alpha value is -4.21. The predicted molar refractivity (Wildman–Crippen MR) is 279 cm³/mol. The van der Waals surface area contributed by atoms with E-state index in [2.05, 4.69) is 41.8 Å². The van der Waals surface area contributed by atoms with Crippen molar-refractivity contribution in [3.63, 3.8) is 0 Å². The normalized spacial score (nSPS) is 26.3. The molecule has 0 radical (unpaired) electrons. The van der Waals surface area contributed by atoms with Gasteiger partial charge in [-0.1, -0.05) is 58.3 Å². The highest BCUT2D eigenvalue weighted by Crippen LogP contribution is 2.58. The van der Waals surface area contributed by atoms with Crippen LogP contribution in [0.5, 0.6) is 5.75 Å². The Morgan fingerprint density at radius 1 is 0.861 bits per heavy atom. The van der Waals surface area contributed by atoms with Gasteiger partial charge in [0.2, 0.25) is 17.8 Å². The summed E-state index contributed by atoms with van der Waals surface area (Å²) in [6, 6.07) is 5.93. The van der Waals surface area contributed by atoms with Crippen molar-refractivity contribution >= 4 is 58.8 Å². The van der Waals surface area contributed by atoms with Crippen molar-refractivity contribution in [2.45, 2.75) is 159 Å². The molecule has 2 spiro atoms. The number of amides is 3. The molecular formula is C52H78N10O8SSi. The fourth-order valence-corrected chi connectivity index (χ4v) is 15.3. The average Bonchev–Trinajstić information content (AvgIpc) is 3.59. The largest absolute Gasteiger partial charge is 0.491 e. The number of ether oxygens (including phenoxy) is 2. The van der Waals surface area contributed by atoms with Gasteiger partial charge in [0.05, 0.1) is 17.5 Å². The van der Waals surface area contributed by atoms with Crippen LogP contribution in [0, 0.1) is 11.3 Å². The molecule has 10 rings (SSSR count). The molecule has 20 heteroatoms. The number of imide groups is 1. The second-order valence-corrected chi connectivity index (χ2v) is 31.2. The molecule has 7 heterocycles. The summed E-state index contributed by atoms with van der Waals surface area (Å²) in [5.74, 6) is 1.89. The van der Waals surface area contributed by atoms with Crippen molar-refractivity contribution in [3.8, 4) is 5.75 Å². The van der Waals surface area contributed by atoms with Crippen LogP contribution in [-0.4, -0.2) is 150 Å². The number of imidazole rings is 1. The summed E-state index contributed by atoms with van der Waals surface area (Å²) < 4.78 is 46.6. The smallest absolute Gasteiger partial charge is 0.329 e. The quantitative estimate of drug-likeness (QED) is 0.0764. The van der Waals surface area contributed by atoms with Crippen LogP contribution in [-0.2, 0) is 41.8 Å². The van der Waals surface area contributed by atoms with Crippen molar-refractivity contribution in [3.05, 3.63) is 40.4 Å². The first-order valence-electron chi connectivity index (χ1n) is 27.2. The minimum Gasteiger partial charge on any atom is -0.491 e.